The molecule has 4 heteroatoms. The monoisotopic (exact) mass is 151 g/mol. The van der Waals surface area contributed by atoms with Crippen LogP contribution >= 0.6 is 23.4 Å². The molecule has 0 radical (unpaired) electrons. The third-order valence-electron chi connectivity index (χ3n) is 0.670. The van der Waals surface area contributed by atoms with Gasteiger partial charge in [-0.2, -0.15) is 0 Å². The first-order chi connectivity index (χ1) is 4.13. The molecule has 8 heavy (non-hydrogen) atoms. The Balaban J connectivity index is 2.78. The first-order valence-corrected chi connectivity index (χ1v) is 2.69. The predicted molar refractivity (Wildman–Crippen MR) is 35.0 cm³/mol. The lowest BCUT2D eigenvalue weighted by molar-refractivity contribution is 0.691. The van der Waals surface area contributed by atoms with Crippen LogP contribution in [0.4, 0.5) is 0 Å². The molecular formula is C4H4Cl2N2. The van der Waals surface area contributed by atoms with E-state index in [2.05, 4.69) is 4.99 Å². The SMILES string of the molecule is [2H]C1(Cl)C=CN=CN1Cl. The second-order valence-corrected chi connectivity index (χ2v) is 1.97. The predicted octanol–water partition coefficient (Wildman–Crippen LogP) is 1.56. The number of hydrogen-bond donors (Lipinski definition) is 0. The van der Waals surface area contributed by atoms with Crippen LogP contribution in [0.25, 0.3) is 0 Å². The van der Waals surface area contributed by atoms with Crippen molar-refractivity contribution in [2.24, 2.45) is 4.99 Å². The van der Waals surface area contributed by atoms with Crippen LogP contribution in [0.3, 0.4) is 0 Å². The minimum Gasteiger partial charge on any atom is -0.253 e. The van der Waals surface area contributed by atoms with Gasteiger partial charge < -0.3 is 0 Å². The van der Waals surface area contributed by atoms with Crippen molar-refractivity contribution in [3.8, 4) is 0 Å². The normalized spacial score (nSPS) is 37.8. The van der Waals surface area contributed by atoms with Crippen molar-refractivity contribution in [3.05, 3.63) is 12.3 Å². The molecule has 0 aliphatic carbocycles. The van der Waals surface area contributed by atoms with Gasteiger partial charge in [-0.3, -0.25) is 4.42 Å². The van der Waals surface area contributed by atoms with Crippen molar-refractivity contribution in [2.45, 2.75) is 5.48 Å². The van der Waals surface area contributed by atoms with E-state index in [4.69, 9.17) is 24.7 Å². The van der Waals surface area contributed by atoms with Gasteiger partial charge in [-0.25, -0.2) is 4.99 Å². The van der Waals surface area contributed by atoms with Gasteiger partial charge in [-0.15, -0.1) is 0 Å². The van der Waals surface area contributed by atoms with Crippen molar-refractivity contribution < 1.29 is 1.37 Å². The van der Waals surface area contributed by atoms with Crippen LogP contribution in [0.5, 0.6) is 0 Å². The fourth-order valence-electron chi connectivity index (χ4n) is 0.328. The van der Waals surface area contributed by atoms with Crippen LogP contribution in [0, 0.1) is 0 Å². The summed E-state index contributed by atoms with van der Waals surface area (Å²) in [5.74, 6) is 0. The molecule has 0 saturated carbocycles. The Bertz CT molecular complexity index is 166. The molecule has 1 atom stereocenters. The smallest absolute Gasteiger partial charge is 0.140 e. The van der Waals surface area contributed by atoms with Crippen LogP contribution in [0.1, 0.15) is 1.37 Å². The van der Waals surface area contributed by atoms with Crippen molar-refractivity contribution in [3.63, 3.8) is 0 Å². The summed E-state index contributed by atoms with van der Waals surface area (Å²) in [6.07, 6.45) is 4.09. The molecule has 44 valence electrons. The van der Waals surface area contributed by atoms with E-state index < -0.39 is 5.48 Å². The Morgan fingerprint density at radius 2 is 2.62 bits per heavy atom. The van der Waals surface area contributed by atoms with E-state index in [0.29, 0.717) is 0 Å². The van der Waals surface area contributed by atoms with Gasteiger partial charge in [0.15, 0.2) is 0 Å². The third kappa shape index (κ3) is 1.14. The molecule has 0 bridgehead atoms. The van der Waals surface area contributed by atoms with E-state index in [1.54, 1.807) is 0 Å². The second-order valence-electron chi connectivity index (χ2n) is 1.21. The standard InChI is InChI=1S/C4H4Cl2N2/c5-4-1-2-7-3-8(4)6/h1-4H/i4D. The van der Waals surface area contributed by atoms with Crippen LogP contribution in [0.15, 0.2) is 17.3 Å². The van der Waals surface area contributed by atoms with E-state index in [-0.39, 0.29) is 0 Å². The molecule has 1 rings (SSSR count). The van der Waals surface area contributed by atoms with Crippen LogP contribution < -0.4 is 0 Å². The molecule has 0 spiro atoms. The first kappa shape index (κ1) is 4.65. The topological polar surface area (TPSA) is 15.6 Å². The lowest BCUT2D eigenvalue weighted by atomic mass is 10.5. The summed E-state index contributed by atoms with van der Waals surface area (Å²) in [5.41, 5.74) is -1.37. The highest BCUT2D eigenvalue weighted by Gasteiger charge is 2.07. The average Bonchev–Trinajstić information content (AvgIpc) is 1.77. The molecule has 0 aromatic rings. The van der Waals surface area contributed by atoms with Crippen molar-refractivity contribution in [1.82, 2.24) is 4.42 Å². The van der Waals surface area contributed by atoms with Crippen LogP contribution in [-0.2, 0) is 0 Å². The van der Waals surface area contributed by atoms with Gasteiger partial charge in [-0.05, 0) is 6.08 Å². The molecule has 0 aromatic carbocycles. The largest absolute Gasteiger partial charge is 0.253 e. The molecule has 1 heterocycles. The Kier molecular flexibility index (Phi) is 1.38. The Morgan fingerprint density at radius 3 is 3.00 bits per heavy atom. The van der Waals surface area contributed by atoms with Gasteiger partial charge in [0.25, 0.3) is 0 Å². The third-order valence-corrected chi connectivity index (χ3v) is 1.33. The molecule has 0 aromatic heterocycles. The highest BCUT2D eigenvalue weighted by atomic mass is 35.5. The number of rotatable bonds is 0. The lowest BCUT2D eigenvalue weighted by Crippen LogP contribution is -2.19. The van der Waals surface area contributed by atoms with Crippen molar-refractivity contribution >= 4 is 29.7 Å². The molecule has 1 unspecified atom stereocenters. The fourth-order valence-corrected chi connectivity index (χ4v) is 0.535. The van der Waals surface area contributed by atoms with Crippen molar-refractivity contribution in [1.29, 1.82) is 0 Å². The van der Waals surface area contributed by atoms with Crippen molar-refractivity contribution in [2.75, 3.05) is 0 Å². The molecule has 2 nitrogen and oxygen atoms in total. The van der Waals surface area contributed by atoms with E-state index >= 15 is 0 Å². The lowest BCUT2D eigenvalue weighted by Gasteiger charge is -2.14. The Morgan fingerprint density at radius 1 is 1.88 bits per heavy atom. The quantitative estimate of drug-likeness (QED) is 0.292. The van der Waals surface area contributed by atoms with Crippen LogP contribution in [0.2, 0.25) is 0 Å². The summed E-state index contributed by atoms with van der Waals surface area (Å²) in [5, 5.41) is 0. The molecular weight excluding hydrogens is 147 g/mol. The van der Waals surface area contributed by atoms with Gasteiger partial charge in [0.05, 0.1) is 1.37 Å². The summed E-state index contributed by atoms with van der Waals surface area (Å²) >= 11 is 10.9. The maximum absolute atomic E-state index is 7.21. The number of halogens is 2. The zero-order valence-corrected chi connectivity index (χ0v) is 5.39. The zero-order valence-electron chi connectivity index (χ0n) is 4.88. The van der Waals surface area contributed by atoms with Gasteiger partial charge in [0.2, 0.25) is 0 Å². The molecule has 1 aliphatic rings. The molecule has 1 aliphatic heterocycles. The van der Waals surface area contributed by atoms with Gasteiger partial charge in [0.1, 0.15) is 11.8 Å². The highest BCUT2D eigenvalue weighted by Crippen LogP contribution is 2.09. The second kappa shape index (κ2) is 2.37. The van der Waals surface area contributed by atoms with Gasteiger partial charge in [-0.1, -0.05) is 11.6 Å². The molecule has 0 amide bonds. The summed E-state index contributed by atoms with van der Waals surface area (Å²) < 4.78 is 8.19. The zero-order chi connectivity index (χ0) is 6.91. The van der Waals surface area contributed by atoms with Gasteiger partial charge >= 0.3 is 0 Å². The fraction of sp³-hybridized carbons (Fsp3) is 0.250. The summed E-state index contributed by atoms with van der Waals surface area (Å²) in [7, 11) is 0. The van der Waals surface area contributed by atoms with E-state index in [0.717, 1.165) is 4.42 Å². The number of nitrogens with zero attached hydrogens (tertiary/aromatic N) is 2. The molecule has 0 N–H and O–H groups in total. The molecule has 0 saturated heterocycles. The minimum absolute atomic E-state index is 0.981. The minimum atomic E-state index is -1.37. The average molecular weight is 152 g/mol. The van der Waals surface area contributed by atoms with E-state index in [1.807, 2.05) is 0 Å². The first-order valence-electron chi connectivity index (χ1n) is 2.48. The number of alkyl halides is 1. The molecule has 0 fully saturated rings. The number of aliphatic imine (C=N–C) groups is 1. The summed E-state index contributed by atoms with van der Waals surface area (Å²) in [6, 6.07) is 0. The highest BCUT2D eigenvalue weighted by molar-refractivity contribution is 6.29. The summed E-state index contributed by atoms with van der Waals surface area (Å²) in [6.45, 7) is 0. The van der Waals surface area contributed by atoms with E-state index in [9.17, 15) is 0 Å². The van der Waals surface area contributed by atoms with Gasteiger partial charge in [0, 0.05) is 18.0 Å². The van der Waals surface area contributed by atoms with E-state index in [1.165, 1.54) is 18.6 Å². The maximum atomic E-state index is 7.21. The Hall–Kier alpha value is -0.210. The maximum Gasteiger partial charge on any atom is 0.140 e. The number of hydrogen-bond acceptors (Lipinski definition) is 2. The Labute approximate surface area is 58.9 Å². The van der Waals surface area contributed by atoms with Crippen LogP contribution in [-0.4, -0.2) is 16.2 Å². The summed E-state index contributed by atoms with van der Waals surface area (Å²) in [4.78, 5) is 3.64.